The van der Waals surface area contributed by atoms with E-state index < -0.39 is 12.0 Å². The van der Waals surface area contributed by atoms with Crippen molar-refractivity contribution < 1.29 is 14.7 Å². The number of carboxylic acid groups (broad SMARTS) is 1. The summed E-state index contributed by atoms with van der Waals surface area (Å²) >= 11 is 0. The molecule has 124 valence electrons. The third-order valence-electron chi connectivity index (χ3n) is 4.26. The second-order valence-corrected chi connectivity index (χ2v) is 5.99. The average molecular weight is 324 g/mol. The molecule has 0 radical (unpaired) electrons. The quantitative estimate of drug-likeness (QED) is 0.887. The van der Waals surface area contributed by atoms with Gasteiger partial charge in [0.25, 0.3) is 5.91 Å². The molecular formula is C19H20N2O3. The number of carbonyl (C=O) groups is 2. The maximum Gasteiger partial charge on any atom is 0.320 e. The SMILES string of the molecule is O=C(Nc1ccccc1)c1cccc(CN2CCC[C@@H]2C(=O)O)c1. The summed E-state index contributed by atoms with van der Waals surface area (Å²) in [7, 11) is 0. The minimum Gasteiger partial charge on any atom is -0.480 e. The monoisotopic (exact) mass is 324 g/mol. The van der Waals surface area contributed by atoms with Crippen molar-refractivity contribution in [1.29, 1.82) is 0 Å². The van der Waals surface area contributed by atoms with E-state index in [0.29, 0.717) is 18.5 Å². The Morgan fingerprint density at radius 3 is 2.67 bits per heavy atom. The van der Waals surface area contributed by atoms with Gasteiger partial charge in [-0.15, -0.1) is 0 Å². The molecule has 0 saturated carbocycles. The van der Waals surface area contributed by atoms with Gasteiger partial charge in [0.05, 0.1) is 0 Å². The number of hydrogen-bond donors (Lipinski definition) is 2. The van der Waals surface area contributed by atoms with Gasteiger partial charge >= 0.3 is 5.97 Å². The van der Waals surface area contributed by atoms with Crippen LogP contribution in [0.3, 0.4) is 0 Å². The summed E-state index contributed by atoms with van der Waals surface area (Å²) in [5.74, 6) is -0.940. The van der Waals surface area contributed by atoms with E-state index in [-0.39, 0.29) is 5.91 Å². The lowest BCUT2D eigenvalue weighted by atomic mass is 10.1. The number of benzene rings is 2. The predicted octanol–water partition coefficient (Wildman–Crippen LogP) is 2.99. The first kappa shape index (κ1) is 16.2. The van der Waals surface area contributed by atoms with Crippen molar-refractivity contribution in [3.63, 3.8) is 0 Å². The van der Waals surface area contributed by atoms with Crippen LogP contribution in [0.2, 0.25) is 0 Å². The number of carboxylic acids is 1. The molecular weight excluding hydrogens is 304 g/mol. The number of nitrogens with zero attached hydrogens (tertiary/aromatic N) is 1. The minimum atomic E-state index is -0.773. The number of amides is 1. The summed E-state index contributed by atoms with van der Waals surface area (Å²) in [6.07, 6.45) is 1.58. The Morgan fingerprint density at radius 2 is 1.92 bits per heavy atom. The zero-order valence-corrected chi connectivity index (χ0v) is 13.3. The van der Waals surface area contributed by atoms with Crippen molar-refractivity contribution in [2.75, 3.05) is 11.9 Å². The summed E-state index contributed by atoms with van der Waals surface area (Å²) in [6, 6.07) is 16.2. The molecule has 0 bridgehead atoms. The number of rotatable bonds is 5. The predicted molar refractivity (Wildman–Crippen MR) is 91.9 cm³/mol. The first-order valence-corrected chi connectivity index (χ1v) is 8.06. The van der Waals surface area contributed by atoms with E-state index in [9.17, 15) is 14.7 Å². The lowest BCUT2D eigenvalue weighted by Crippen LogP contribution is -2.35. The molecule has 3 rings (SSSR count). The minimum absolute atomic E-state index is 0.167. The molecule has 0 aromatic heterocycles. The zero-order chi connectivity index (χ0) is 16.9. The van der Waals surface area contributed by atoms with Crippen LogP contribution in [0.25, 0.3) is 0 Å². The normalized spacial score (nSPS) is 17.6. The van der Waals surface area contributed by atoms with E-state index in [1.807, 2.05) is 53.4 Å². The molecule has 1 aliphatic rings. The Bertz CT molecular complexity index is 730. The third-order valence-corrected chi connectivity index (χ3v) is 4.26. The lowest BCUT2D eigenvalue weighted by molar-refractivity contribution is -0.142. The van der Waals surface area contributed by atoms with Crippen LogP contribution in [0, 0.1) is 0 Å². The van der Waals surface area contributed by atoms with E-state index >= 15 is 0 Å². The second-order valence-electron chi connectivity index (χ2n) is 5.99. The molecule has 1 saturated heterocycles. The summed E-state index contributed by atoms with van der Waals surface area (Å²) in [5, 5.41) is 12.1. The van der Waals surface area contributed by atoms with Crippen LogP contribution in [0.4, 0.5) is 5.69 Å². The molecule has 2 aromatic carbocycles. The Morgan fingerprint density at radius 1 is 1.12 bits per heavy atom. The summed E-state index contributed by atoms with van der Waals surface area (Å²) in [4.78, 5) is 25.6. The molecule has 2 N–H and O–H groups in total. The van der Waals surface area contributed by atoms with Gasteiger partial charge in [0.2, 0.25) is 0 Å². The highest BCUT2D eigenvalue weighted by Crippen LogP contribution is 2.21. The van der Waals surface area contributed by atoms with Gasteiger partial charge in [-0.2, -0.15) is 0 Å². The molecule has 2 aromatic rings. The van der Waals surface area contributed by atoms with E-state index in [1.165, 1.54) is 0 Å². The van der Waals surface area contributed by atoms with E-state index in [1.54, 1.807) is 6.07 Å². The van der Waals surface area contributed by atoms with Gasteiger partial charge in [-0.05, 0) is 49.2 Å². The van der Waals surface area contributed by atoms with Gasteiger partial charge < -0.3 is 10.4 Å². The summed E-state index contributed by atoms with van der Waals surface area (Å²) < 4.78 is 0. The van der Waals surface area contributed by atoms with Crippen molar-refractivity contribution >= 4 is 17.6 Å². The van der Waals surface area contributed by atoms with Gasteiger partial charge in [0.1, 0.15) is 6.04 Å². The molecule has 1 heterocycles. The van der Waals surface area contributed by atoms with Crippen molar-refractivity contribution in [1.82, 2.24) is 4.90 Å². The molecule has 5 heteroatoms. The van der Waals surface area contributed by atoms with E-state index in [2.05, 4.69) is 5.32 Å². The number of likely N-dealkylation sites (tertiary alicyclic amines) is 1. The highest BCUT2D eigenvalue weighted by molar-refractivity contribution is 6.04. The molecule has 5 nitrogen and oxygen atoms in total. The van der Waals surface area contributed by atoms with Crippen LogP contribution in [0.15, 0.2) is 54.6 Å². The van der Waals surface area contributed by atoms with Gasteiger partial charge in [-0.25, -0.2) is 0 Å². The Hall–Kier alpha value is -2.66. The average Bonchev–Trinajstić information content (AvgIpc) is 3.04. The largest absolute Gasteiger partial charge is 0.480 e. The fourth-order valence-electron chi connectivity index (χ4n) is 3.07. The fourth-order valence-corrected chi connectivity index (χ4v) is 3.07. The first-order valence-electron chi connectivity index (χ1n) is 8.06. The number of anilines is 1. The molecule has 1 aliphatic heterocycles. The molecule has 1 amide bonds. The highest BCUT2D eigenvalue weighted by atomic mass is 16.4. The Kier molecular flexibility index (Phi) is 4.91. The standard InChI is InChI=1S/C19H20N2O3/c22-18(20-16-8-2-1-3-9-16)15-7-4-6-14(12-15)13-21-11-5-10-17(21)19(23)24/h1-4,6-9,12,17H,5,10-11,13H2,(H,20,22)(H,23,24)/t17-/m1/s1. The maximum atomic E-state index is 12.4. The zero-order valence-electron chi connectivity index (χ0n) is 13.3. The molecule has 0 unspecified atom stereocenters. The Labute approximate surface area is 140 Å². The van der Waals surface area contributed by atoms with Crippen LogP contribution in [-0.4, -0.2) is 34.5 Å². The first-order chi connectivity index (χ1) is 11.6. The number of carbonyl (C=O) groups excluding carboxylic acids is 1. The third kappa shape index (κ3) is 3.81. The summed E-state index contributed by atoms with van der Waals surface area (Å²) in [5.41, 5.74) is 2.27. The molecule has 0 spiro atoms. The van der Waals surface area contributed by atoms with Gasteiger partial charge in [-0.3, -0.25) is 14.5 Å². The fraction of sp³-hybridized carbons (Fsp3) is 0.263. The van der Waals surface area contributed by atoms with Gasteiger partial charge in [0.15, 0.2) is 0 Å². The molecule has 0 aliphatic carbocycles. The highest BCUT2D eigenvalue weighted by Gasteiger charge is 2.30. The van der Waals surface area contributed by atoms with Crippen molar-refractivity contribution in [2.24, 2.45) is 0 Å². The van der Waals surface area contributed by atoms with Crippen LogP contribution >= 0.6 is 0 Å². The lowest BCUT2D eigenvalue weighted by Gasteiger charge is -2.21. The van der Waals surface area contributed by atoms with Crippen molar-refractivity contribution in [3.05, 3.63) is 65.7 Å². The van der Waals surface area contributed by atoms with Crippen molar-refractivity contribution in [3.8, 4) is 0 Å². The van der Waals surface area contributed by atoms with E-state index in [0.717, 1.165) is 24.2 Å². The van der Waals surface area contributed by atoms with Crippen molar-refractivity contribution in [2.45, 2.75) is 25.4 Å². The van der Waals surface area contributed by atoms with Crippen LogP contribution in [-0.2, 0) is 11.3 Å². The Balaban J connectivity index is 1.70. The number of nitrogens with one attached hydrogen (secondary N) is 1. The van der Waals surface area contributed by atoms with E-state index in [4.69, 9.17) is 0 Å². The topological polar surface area (TPSA) is 69.6 Å². The van der Waals surface area contributed by atoms with Crippen LogP contribution in [0.5, 0.6) is 0 Å². The molecule has 1 fully saturated rings. The number of hydrogen-bond acceptors (Lipinski definition) is 3. The number of aliphatic carboxylic acids is 1. The van der Waals surface area contributed by atoms with Gasteiger partial charge in [0, 0.05) is 17.8 Å². The number of para-hydroxylation sites is 1. The van der Waals surface area contributed by atoms with Crippen LogP contribution < -0.4 is 5.32 Å². The van der Waals surface area contributed by atoms with Crippen LogP contribution in [0.1, 0.15) is 28.8 Å². The smallest absolute Gasteiger partial charge is 0.320 e. The van der Waals surface area contributed by atoms with Gasteiger partial charge in [-0.1, -0.05) is 30.3 Å². The summed E-state index contributed by atoms with van der Waals surface area (Å²) in [6.45, 7) is 1.32. The second kappa shape index (κ2) is 7.27. The molecule has 1 atom stereocenters. The maximum absolute atomic E-state index is 12.4. The molecule has 24 heavy (non-hydrogen) atoms.